The van der Waals surface area contributed by atoms with Crippen LogP contribution in [-0.4, -0.2) is 73.1 Å². The van der Waals surface area contributed by atoms with Crippen LogP contribution >= 0.6 is 0 Å². The van der Waals surface area contributed by atoms with Crippen molar-refractivity contribution in [3.63, 3.8) is 0 Å². The highest BCUT2D eigenvalue weighted by molar-refractivity contribution is 7.87. The summed E-state index contributed by atoms with van der Waals surface area (Å²) in [5.41, 5.74) is 6.20. The van der Waals surface area contributed by atoms with E-state index in [1.165, 1.54) is 23.5 Å². The van der Waals surface area contributed by atoms with Gasteiger partial charge in [-0.05, 0) is 18.9 Å². The Hall–Kier alpha value is -2.80. The van der Waals surface area contributed by atoms with Crippen molar-refractivity contribution in [1.82, 2.24) is 19.2 Å². The van der Waals surface area contributed by atoms with Crippen molar-refractivity contribution >= 4 is 27.8 Å². The molecule has 12 heteroatoms. The van der Waals surface area contributed by atoms with E-state index in [9.17, 15) is 18.0 Å². The van der Waals surface area contributed by atoms with Crippen LogP contribution in [0.1, 0.15) is 12.5 Å². The number of hydrogen-bond acceptors (Lipinski definition) is 6. The fourth-order valence-corrected chi connectivity index (χ4v) is 4.59. The van der Waals surface area contributed by atoms with Gasteiger partial charge in [-0.15, -0.1) is 0 Å². The summed E-state index contributed by atoms with van der Waals surface area (Å²) >= 11 is 0. The number of nitrogens with two attached hydrogens (primary N) is 1. The molecule has 2 amide bonds. The zero-order chi connectivity index (χ0) is 22.4. The van der Waals surface area contributed by atoms with Gasteiger partial charge in [-0.2, -0.15) is 22.5 Å². The molecule has 1 aliphatic heterocycles. The molecule has 3 rings (SSSR count). The molecule has 1 saturated heterocycles. The fraction of sp³-hybridized carbons (Fsp3) is 0.421. The summed E-state index contributed by atoms with van der Waals surface area (Å²) in [5, 5.41) is 6.47. The number of ether oxygens (including phenoxy) is 1. The van der Waals surface area contributed by atoms with Crippen LogP contribution < -0.4 is 15.4 Å². The summed E-state index contributed by atoms with van der Waals surface area (Å²) in [5.74, 6) is -1.13. The van der Waals surface area contributed by atoms with Crippen LogP contribution in [0.15, 0.2) is 42.6 Å². The van der Waals surface area contributed by atoms with Gasteiger partial charge in [0.25, 0.3) is 10.2 Å². The van der Waals surface area contributed by atoms with Gasteiger partial charge >= 0.3 is 0 Å². The van der Waals surface area contributed by atoms with E-state index in [2.05, 4.69) is 14.9 Å². The van der Waals surface area contributed by atoms with Gasteiger partial charge in [0.15, 0.2) is 0 Å². The quantitative estimate of drug-likeness (QED) is 0.464. The minimum Gasteiger partial charge on any atom is -0.379 e. The lowest BCUT2D eigenvalue weighted by molar-refractivity contribution is -0.125. The number of rotatable bonds is 9. The molecule has 1 aliphatic rings. The average Bonchev–Trinajstić information content (AvgIpc) is 3.29. The highest BCUT2D eigenvalue weighted by Crippen LogP contribution is 2.18. The monoisotopic (exact) mass is 450 g/mol. The van der Waals surface area contributed by atoms with Crippen LogP contribution in [0.4, 0.5) is 5.82 Å². The molecule has 11 nitrogen and oxygen atoms in total. The van der Waals surface area contributed by atoms with Crippen molar-refractivity contribution in [1.29, 1.82) is 0 Å². The average molecular weight is 451 g/mol. The lowest BCUT2D eigenvalue weighted by Crippen LogP contribution is -2.58. The van der Waals surface area contributed by atoms with E-state index in [1.54, 1.807) is 24.3 Å². The van der Waals surface area contributed by atoms with Crippen LogP contribution in [0.5, 0.6) is 0 Å². The Morgan fingerprint density at radius 3 is 2.52 bits per heavy atom. The number of nitrogens with one attached hydrogen (secondary N) is 2. The van der Waals surface area contributed by atoms with Gasteiger partial charge in [-0.25, -0.2) is 0 Å². The number of H-pyrrole nitrogens is 1. The Bertz CT molecular complexity index is 976. The zero-order valence-electron chi connectivity index (χ0n) is 17.1. The van der Waals surface area contributed by atoms with Crippen molar-refractivity contribution < 1.29 is 22.7 Å². The lowest BCUT2D eigenvalue weighted by atomic mass is 10.0. The normalized spacial score (nSPS) is 17.1. The zero-order valence-corrected chi connectivity index (χ0v) is 17.9. The third kappa shape index (κ3) is 5.67. The van der Waals surface area contributed by atoms with E-state index in [0.29, 0.717) is 0 Å². The number of anilines is 1. The Labute approximate surface area is 180 Å². The summed E-state index contributed by atoms with van der Waals surface area (Å²) in [7, 11) is -3.98. The number of carbonyl (C=O) groups is 2. The molecule has 1 aromatic carbocycles. The van der Waals surface area contributed by atoms with Crippen molar-refractivity contribution in [2.75, 3.05) is 31.2 Å². The van der Waals surface area contributed by atoms with Crippen LogP contribution in [0.2, 0.25) is 0 Å². The Kier molecular flexibility index (Phi) is 7.38. The van der Waals surface area contributed by atoms with Crippen LogP contribution in [0, 0.1) is 0 Å². The molecule has 1 fully saturated rings. The Morgan fingerprint density at radius 1 is 1.26 bits per heavy atom. The number of benzene rings is 1. The summed E-state index contributed by atoms with van der Waals surface area (Å²) in [4.78, 5) is 26.6. The van der Waals surface area contributed by atoms with Gasteiger partial charge in [0.1, 0.15) is 17.9 Å². The van der Waals surface area contributed by atoms with E-state index in [4.69, 9.17) is 10.5 Å². The van der Waals surface area contributed by atoms with E-state index >= 15 is 0 Å². The SMILES string of the molecule is C[C@@H](C(N)=O)N(C(=O)[C@H](Cc1ccccc1)NS(=O)(=O)N1CCOCC1)c1ccn[nH]1. The maximum atomic E-state index is 13.6. The molecule has 0 aliphatic carbocycles. The van der Waals surface area contributed by atoms with Gasteiger partial charge < -0.3 is 10.5 Å². The third-order valence-corrected chi connectivity index (χ3v) is 6.59. The second kappa shape index (κ2) is 10.0. The number of primary amides is 1. The molecule has 0 radical (unpaired) electrons. The largest absolute Gasteiger partial charge is 0.379 e. The number of carbonyl (C=O) groups excluding carboxylic acids is 2. The predicted octanol–water partition coefficient (Wildman–Crippen LogP) is -0.606. The maximum absolute atomic E-state index is 13.6. The number of aromatic nitrogens is 2. The van der Waals surface area contributed by atoms with Crippen LogP contribution in [0.25, 0.3) is 0 Å². The molecule has 0 spiro atoms. The summed E-state index contributed by atoms with van der Waals surface area (Å²) in [6.45, 7) is 2.39. The summed E-state index contributed by atoms with van der Waals surface area (Å²) < 4.78 is 34.9. The Morgan fingerprint density at radius 2 is 1.94 bits per heavy atom. The van der Waals surface area contributed by atoms with E-state index in [1.807, 2.05) is 6.07 Å². The molecule has 2 atom stereocenters. The number of morpholine rings is 1. The van der Waals surface area contributed by atoms with E-state index in [-0.39, 0.29) is 38.5 Å². The molecule has 0 unspecified atom stereocenters. The molecular formula is C19H26N6O5S. The molecule has 0 saturated carbocycles. The first-order valence-corrected chi connectivity index (χ1v) is 11.2. The number of aromatic amines is 1. The fourth-order valence-electron chi connectivity index (χ4n) is 3.27. The highest BCUT2D eigenvalue weighted by Gasteiger charge is 2.36. The van der Waals surface area contributed by atoms with Crippen molar-refractivity contribution in [2.24, 2.45) is 5.73 Å². The molecule has 1 aromatic heterocycles. The van der Waals surface area contributed by atoms with Crippen molar-refractivity contribution in [2.45, 2.75) is 25.4 Å². The first kappa shape index (κ1) is 22.9. The first-order chi connectivity index (χ1) is 14.8. The second-order valence-corrected chi connectivity index (χ2v) is 8.81. The predicted molar refractivity (Wildman–Crippen MR) is 113 cm³/mol. The minimum absolute atomic E-state index is 0.0827. The number of hydrogen-bond donors (Lipinski definition) is 3. The van der Waals surface area contributed by atoms with Gasteiger partial charge in [-0.1, -0.05) is 30.3 Å². The second-order valence-electron chi connectivity index (χ2n) is 7.11. The molecule has 4 N–H and O–H groups in total. The van der Waals surface area contributed by atoms with Gasteiger partial charge in [0.05, 0.1) is 19.4 Å². The molecular weight excluding hydrogens is 424 g/mol. The highest BCUT2D eigenvalue weighted by atomic mass is 32.2. The number of amides is 2. The first-order valence-electron chi connectivity index (χ1n) is 9.80. The topological polar surface area (TPSA) is 151 Å². The molecule has 0 bridgehead atoms. The van der Waals surface area contributed by atoms with Crippen LogP contribution in [-0.2, 0) is 31.0 Å². The molecule has 2 aromatic rings. The molecule has 2 heterocycles. The smallest absolute Gasteiger partial charge is 0.280 e. The van der Waals surface area contributed by atoms with Crippen molar-refractivity contribution in [3.8, 4) is 0 Å². The Balaban J connectivity index is 1.93. The van der Waals surface area contributed by atoms with Crippen molar-refractivity contribution in [3.05, 3.63) is 48.2 Å². The van der Waals surface area contributed by atoms with Gasteiger partial charge in [-0.3, -0.25) is 19.6 Å². The van der Waals surface area contributed by atoms with E-state index in [0.717, 1.165) is 10.5 Å². The summed E-state index contributed by atoms with van der Waals surface area (Å²) in [6.07, 6.45) is 1.51. The minimum atomic E-state index is -3.98. The molecule has 168 valence electrons. The van der Waals surface area contributed by atoms with Gasteiger partial charge in [0, 0.05) is 19.2 Å². The third-order valence-electron chi connectivity index (χ3n) is 4.96. The van der Waals surface area contributed by atoms with Gasteiger partial charge in [0.2, 0.25) is 11.8 Å². The molecule has 31 heavy (non-hydrogen) atoms. The number of nitrogens with zero attached hydrogens (tertiary/aromatic N) is 3. The summed E-state index contributed by atoms with van der Waals surface area (Å²) in [6, 6.07) is 8.30. The maximum Gasteiger partial charge on any atom is 0.280 e. The van der Waals surface area contributed by atoms with E-state index < -0.39 is 34.1 Å². The van der Waals surface area contributed by atoms with Crippen LogP contribution in [0.3, 0.4) is 0 Å². The lowest BCUT2D eigenvalue weighted by Gasteiger charge is -2.32. The standard InChI is InChI=1S/C19H26N6O5S/c1-14(18(20)26)25(17-7-8-21-22-17)19(27)16(13-15-5-3-2-4-6-15)23-31(28,29)24-9-11-30-12-10-24/h2-8,14,16,23H,9-13H2,1H3,(H2,20,26)(H,21,22)/t14-,16-/m0/s1.